The number of Topliss-reactive ketones (excluding diaryl/α,β-unsaturated/α-hetero) is 1. The molecule has 0 fully saturated rings. The van der Waals surface area contributed by atoms with Crippen molar-refractivity contribution in [1.82, 2.24) is 9.88 Å². The summed E-state index contributed by atoms with van der Waals surface area (Å²) in [6.45, 7) is 0.684. The average Bonchev–Trinajstić information content (AvgIpc) is 3.31. The first-order valence-corrected chi connectivity index (χ1v) is 10.1. The summed E-state index contributed by atoms with van der Waals surface area (Å²) in [6, 6.07) is 12.5. The number of ether oxygens (including phenoxy) is 2. The third-order valence-electron chi connectivity index (χ3n) is 5.25. The largest absolute Gasteiger partial charge is 0.497 e. The van der Waals surface area contributed by atoms with E-state index >= 15 is 0 Å². The molecule has 0 aliphatic carbocycles. The van der Waals surface area contributed by atoms with Crippen LogP contribution in [0.5, 0.6) is 11.5 Å². The molecule has 0 saturated heterocycles. The Morgan fingerprint density at radius 3 is 2.88 bits per heavy atom. The molecule has 1 aromatic heterocycles. The van der Waals surface area contributed by atoms with Gasteiger partial charge >= 0.3 is 6.03 Å². The van der Waals surface area contributed by atoms with Crippen LogP contribution in [0.1, 0.15) is 28.8 Å². The van der Waals surface area contributed by atoms with Crippen molar-refractivity contribution in [2.45, 2.75) is 19.4 Å². The van der Waals surface area contributed by atoms with Gasteiger partial charge in [-0.2, -0.15) is 5.26 Å². The number of carbonyl (C=O) groups is 2. The smallest absolute Gasteiger partial charge is 0.318 e. The summed E-state index contributed by atoms with van der Waals surface area (Å²) in [6.07, 6.45) is 4.86. The van der Waals surface area contributed by atoms with Crippen LogP contribution >= 0.6 is 0 Å². The summed E-state index contributed by atoms with van der Waals surface area (Å²) in [5.74, 6) is 1.10. The number of nitriles is 1. The van der Waals surface area contributed by atoms with Gasteiger partial charge in [0.25, 0.3) is 0 Å². The summed E-state index contributed by atoms with van der Waals surface area (Å²) in [4.78, 5) is 24.6. The average molecular weight is 430 g/mol. The summed E-state index contributed by atoms with van der Waals surface area (Å²) in [5, 5.41) is 14.9. The SMILES string of the molecule is CNC(=O)Nc1ccc2c(c1)C(=O)/C(=C/c1cn(CCCC#N)c3ccc(OC)cc13)O2. The molecule has 4 rings (SSSR count). The molecule has 2 aromatic carbocycles. The Balaban J connectivity index is 1.69. The first-order chi connectivity index (χ1) is 15.5. The number of aryl methyl sites for hydroxylation is 1. The number of carbonyl (C=O) groups excluding carboxylic acids is 2. The molecular formula is C24H22N4O4. The number of nitrogens with zero attached hydrogens (tertiary/aromatic N) is 2. The van der Waals surface area contributed by atoms with E-state index in [9.17, 15) is 9.59 Å². The highest BCUT2D eigenvalue weighted by molar-refractivity contribution is 6.15. The van der Waals surface area contributed by atoms with Crippen LogP contribution in [0.15, 0.2) is 48.4 Å². The molecule has 0 atom stereocenters. The molecule has 8 nitrogen and oxygen atoms in total. The minimum absolute atomic E-state index is 0.205. The number of allylic oxidation sites excluding steroid dienone is 1. The van der Waals surface area contributed by atoms with Gasteiger partial charge in [0.2, 0.25) is 5.78 Å². The van der Waals surface area contributed by atoms with Crippen molar-refractivity contribution in [2.24, 2.45) is 0 Å². The molecule has 1 aliphatic heterocycles. The van der Waals surface area contributed by atoms with Crippen LogP contribution < -0.4 is 20.1 Å². The van der Waals surface area contributed by atoms with Crippen molar-refractivity contribution in [3.8, 4) is 17.6 Å². The van der Waals surface area contributed by atoms with E-state index in [0.29, 0.717) is 35.7 Å². The fourth-order valence-corrected chi connectivity index (χ4v) is 3.66. The summed E-state index contributed by atoms with van der Waals surface area (Å²) in [5.41, 5.74) is 2.69. The van der Waals surface area contributed by atoms with Gasteiger partial charge in [0, 0.05) is 48.4 Å². The Bertz CT molecular complexity index is 1280. The summed E-state index contributed by atoms with van der Waals surface area (Å²) < 4.78 is 13.3. The highest BCUT2D eigenvalue weighted by Crippen LogP contribution is 2.35. The van der Waals surface area contributed by atoms with E-state index in [1.165, 1.54) is 7.05 Å². The molecule has 2 heterocycles. The molecule has 32 heavy (non-hydrogen) atoms. The number of urea groups is 1. The van der Waals surface area contributed by atoms with Crippen LogP contribution in [0.4, 0.5) is 10.5 Å². The molecule has 2 N–H and O–H groups in total. The lowest BCUT2D eigenvalue weighted by Crippen LogP contribution is -2.24. The van der Waals surface area contributed by atoms with Gasteiger partial charge in [-0.05, 0) is 48.9 Å². The molecule has 2 amide bonds. The van der Waals surface area contributed by atoms with E-state index in [0.717, 1.165) is 22.9 Å². The molecule has 0 spiro atoms. The van der Waals surface area contributed by atoms with E-state index in [1.54, 1.807) is 31.4 Å². The normalized spacial score (nSPS) is 13.5. The number of methoxy groups -OCH3 is 1. The van der Waals surface area contributed by atoms with E-state index in [-0.39, 0.29) is 17.6 Å². The van der Waals surface area contributed by atoms with Gasteiger partial charge in [0.05, 0.1) is 18.7 Å². The minimum Gasteiger partial charge on any atom is -0.497 e. The maximum Gasteiger partial charge on any atom is 0.318 e. The van der Waals surface area contributed by atoms with E-state index in [4.69, 9.17) is 14.7 Å². The maximum absolute atomic E-state index is 13.0. The lowest BCUT2D eigenvalue weighted by Gasteiger charge is -2.04. The molecular weight excluding hydrogens is 408 g/mol. The zero-order chi connectivity index (χ0) is 22.7. The van der Waals surface area contributed by atoms with Crippen molar-refractivity contribution in [2.75, 3.05) is 19.5 Å². The predicted molar refractivity (Wildman–Crippen MR) is 121 cm³/mol. The third-order valence-corrected chi connectivity index (χ3v) is 5.25. The Kier molecular flexibility index (Phi) is 5.81. The second-order valence-electron chi connectivity index (χ2n) is 7.28. The van der Waals surface area contributed by atoms with Crippen LogP contribution in [-0.2, 0) is 6.54 Å². The Morgan fingerprint density at radius 1 is 1.28 bits per heavy atom. The van der Waals surface area contributed by atoms with Gasteiger partial charge < -0.3 is 24.7 Å². The van der Waals surface area contributed by atoms with Crippen LogP contribution in [0.3, 0.4) is 0 Å². The summed E-state index contributed by atoms with van der Waals surface area (Å²) >= 11 is 0. The number of amides is 2. The van der Waals surface area contributed by atoms with Gasteiger partial charge in [0.15, 0.2) is 5.76 Å². The van der Waals surface area contributed by atoms with Crippen molar-refractivity contribution in [1.29, 1.82) is 5.26 Å². The molecule has 162 valence electrons. The molecule has 0 unspecified atom stereocenters. The fourth-order valence-electron chi connectivity index (χ4n) is 3.66. The van der Waals surface area contributed by atoms with Crippen molar-refractivity contribution < 1.29 is 19.1 Å². The third kappa shape index (κ3) is 4.01. The molecule has 1 aliphatic rings. The molecule has 0 bridgehead atoms. The number of unbranched alkanes of at least 4 members (excludes halogenated alkanes) is 1. The Hall–Kier alpha value is -4.25. The van der Waals surface area contributed by atoms with Gasteiger partial charge in [-0.15, -0.1) is 0 Å². The van der Waals surface area contributed by atoms with Crippen LogP contribution in [0.25, 0.3) is 17.0 Å². The topological polar surface area (TPSA) is 105 Å². The molecule has 0 saturated carbocycles. The first kappa shape index (κ1) is 21.0. The van der Waals surface area contributed by atoms with Gasteiger partial charge in [-0.25, -0.2) is 4.79 Å². The zero-order valence-corrected chi connectivity index (χ0v) is 17.8. The maximum atomic E-state index is 13.0. The van der Waals surface area contributed by atoms with E-state index in [1.807, 2.05) is 24.4 Å². The number of benzene rings is 2. The minimum atomic E-state index is -0.370. The van der Waals surface area contributed by atoms with E-state index < -0.39 is 0 Å². The van der Waals surface area contributed by atoms with Crippen LogP contribution in [0.2, 0.25) is 0 Å². The Labute approximate surface area is 185 Å². The number of anilines is 1. The van der Waals surface area contributed by atoms with Crippen molar-refractivity contribution in [3.05, 3.63) is 59.5 Å². The number of hydrogen-bond donors (Lipinski definition) is 2. The monoisotopic (exact) mass is 430 g/mol. The first-order valence-electron chi connectivity index (χ1n) is 10.1. The second kappa shape index (κ2) is 8.86. The highest BCUT2D eigenvalue weighted by Gasteiger charge is 2.28. The number of hydrogen-bond acceptors (Lipinski definition) is 5. The lowest BCUT2D eigenvalue weighted by molar-refractivity contribution is 0.101. The highest BCUT2D eigenvalue weighted by atomic mass is 16.5. The lowest BCUT2D eigenvalue weighted by atomic mass is 10.1. The van der Waals surface area contributed by atoms with Gasteiger partial charge in [-0.3, -0.25) is 4.79 Å². The number of nitrogens with one attached hydrogen (secondary N) is 2. The zero-order valence-electron chi connectivity index (χ0n) is 17.8. The quantitative estimate of drug-likeness (QED) is 0.448. The van der Waals surface area contributed by atoms with Gasteiger partial charge in [0.1, 0.15) is 11.5 Å². The number of fused-ring (bicyclic) bond motifs is 2. The number of rotatable bonds is 6. The summed E-state index contributed by atoms with van der Waals surface area (Å²) in [7, 11) is 3.12. The van der Waals surface area contributed by atoms with Crippen molar-refractivity contribution >= 4 is 34.5 Å². The van der Waals surface area contributed by atoms with Crippen LogP contribution in [-0.4, -0.2) is 30.5 Å². The second-order valence-corrected chi connectivity index (χ2v) is 7.28. The van der Waals surface area contributed by atoms with E-state index in [2.05, 4.69) is 21.3 Å². The molecule has 0 radical (unpaired) electrons. The number of ketones is 1. The molecule has 3 aromatic rings. The fraction of sp³-hybridized carbons (Fsp3) is 0.208. The van der Waals surface area contributed by atoms with Gasteiger partial charge in [-0.1, -0.05) is 0 Å². The predicted octanol–water partition coefficient (Wildman–Crippen LogP) is 4.32. The molecule has 8 heteroatoms. The Morgan fingerprint density at radius 2 is 2.12 bits per heavy atom. The van der Waals surface area contributed by atoms with Crippen LogP contribution in [0, 0.1) is 11.3 Å². The standard InChI is InChI=1S/C24H22N4O4/c1-26-24(30)27-16-5-8-21-19(12-16)23(29)22(32-21)11-15-14-28(10-4-3-9-25)20-7-6-17(31-2)13-18(15)20/h5-8,11-14H,3-4,10H2,1-2H3,(H2,26,27,30)/b22-11-. The van der Waals surface area contributed by atoms with Crippen molar-refractivity contribution in [3.63, 3.8) is 0 Å². The number of aromatic nitrogens is 1.